The Hall–Kier alpha value is -0.610. The van der Waals surface area contributed by atoms with E-state index in [2.05, 4.69) is 19.2 Å². The van der Waals surface area contributed by atoms with Crippen molar-refractivity contribution in [2.45, 2.75) is 32.8 Å². The second-order valence-electron chi connectivity index (χ2n) is 3.92. The van der Waals surface area contributed by atoms with E-state index in [1.54, 1.807) is 0 Å². The van der Waals surface area contributed by atoms with E-state index < -0.39 is 0 Å². The molecule has 0 saturated carbocycles. The van der Waals surface area contributed by atoms with Crippen LogP contribution in [0, 0.1) is 0 Å². The van der Waals surface area contributed by atoms with E-state index in [4.69, 9.17) is 4.74 Å². The van der Waals surface area contributed by atoms with E-state index in [-0.39, 0.29) is 12.0 Å². The minimum Gasteiger partial charge on any atom is -0.375 e. The standard InChI is InChI=1S/C11H22N2O2/c1-3-5-12-8-11(14)13-6-7-15-10(4-2)9-13/h10,12H,3-9H2,1-2H3. The maximum absolute atomic E-state index is 11.7. The van der Waals surface area contributed by atoms with Gasteiger partial charge >= 0.3 is 0 Å². The van der Waals surface area contributed by atoms with E-state index >= 15 is 0 Å². The van der Waals surface area contributed by atoms with Gasteiger partial charge in [-0.25, -0.2) is 0 Å². The van der Waals surface area contributed by atoms with Gasteiger partial charge < -0.3 is 15.0 Å². The van der Waals surface area contributed by atoms with Crippen molar-refractivity contribution in [3.63, 3.8) is 0 Å². The highest BCUT2D eigenvalue weighted by Gasteiger charge is 2.22. The van der Waals surface area contributed by atoms with E-state index in [1.165, 1.54) is 0 Å². The molecule has 0 aliphatic carbocycles. The summed E-state index contributed by atoms with van der Waals surface area (Å²) < 4.78 is 5.52. The van der Waals surface area contributed by atoms with E-state index in [0.29, 0.717) is 13.2 Å². The highest BCUT2D eigenvalue weighted by molar-refractivity contribution is 5.78. The Morgan fingerprint density at radius 3 is 3.00 bits per heavy atom. The summed E-state index contributed by atoms with van der Waals surface area (Å²) in [7, 11) is 0. The van der Waals surface area contributed by atoms with Crippen molar-refractivity contribution in [1.29, 1.82) is 0 Å². The molecule has 0 aromatic rings. The van der Waals surface area contributed by atoms with Crippen LogP contribution in [0.2, 0.25) is 0 Å². The molecule has 1 saturated heterocycles. The first-order valence-electron chi connectivity index (χ1n) is 5.88. The minimum absolute atomic E-state index is 0.199. The van der Waals surface area contributed by atoms with Gasteiger partial charge in [-0.15, -0.1) is 0 Å². The van der Waals surface area contributed by atoms with Gasteiger partial charge in [-0.2, -0.15) is 0 Å². The van der Waals surface area contributed by atoms with Gasteiger partial charge in [-0.1, -0.05) is 13.8 Å². The van der Waals surface area contributed by atoms with E-state index in [1.807, 2.05) is 4.90 Å². The summed E-state index contributed by atoms with van der Waals surface area (Å²) in [5.74, 6) is 0.199. The number of ether oxygens (including phenoxy) is 1. The van der Waals surface area contributed by atoms with Gasteiger partial charge in [-0.3, -0.25) is 4.79 Å². The van der Waals surface area contributed by atoms with Crippen molar-refractivity contribution in [1.82, 2.24) is 10.2 Å². The fourth-order valence-electron chi connectivity index (χ4n) is 1.68. The Morgan fingerprint density at radius 1 is 1.53 bits per heavy atom. The number of carbonyl (C=O) groups excluding carboxylic acids is 1. The first-order valence-corrected chi connectivity index (χ1v) is 5.88. The van der Waals surface area contributed by atoms with Crippen LogP contribution in [0.15, 0.2) is 0 Å². The summed E-state index contributed by atoms with van der Waals surface area (Å²) in [4.78, 5) is 13.6. The zero-order valence-electron chi connectivity index (χ0n) is 9.79. The number of nitrogens with one attached hydrogen (secondary N) is 1. The number of nitrogens with zero attached hydrogens (tertiary/aromatic N) is 1. The van der Waals surface area contributed by atoms with Crippen LogP contribution in [0.25, 0.3) is 0 Å². The second kappa shape index (κ2) is 6.80. The Morgan fingerprint density at radius 2 is 2.33 bits per heavy atom. The molecule has 15 heavy (non-hydrogen) atoms. The molecule has 1 amide bonds. The van der Waals surface area contributed by atoms with Crippen LogP contribution in [0.5, 0.6) is 0 Å². The number of morpholine rings is 1. The highest BCUT2D eigenvalue weighted by atomic mass is 16.5. The summed E-state index contributed by atoms with van der Waals surface area (Å²) in [6, 6.07) is 0. The van der Waals surface area contributed by atoms with Crippen LogP contribution in [0.1, 0.15) is 26.7 Å². The summed E-state index contributed by atoms with van der Waals surface area (Å²) in [6.07, 6.45) is 2.27. The molecule has 0 spiro atoms. The second-order valence-corrected chi connectivity index (χ2v) is 3.92. The molecule has 1 unspecified atom stereocenters. The molecule has 4 nitrogen and oxygen atoms in total. The molecule has 0 aromatic heterocycles. The van der Waals surface area contributed by atoms with Gasteiger partial charge in [0.25, 0.3) is 0 Å². The first kappa shape index (κ1) is 12.5. The topological polar surface area (TPSA) is 41.6 Å². The molecule has 1 heterocycles. The molecule has 1 aliphatic heterocycles. The molecular weight excluding hydrogens is 192 g/mol. The molecule has 0 radical (unpaired) electrons. The average Bonchev–Trinajstić information content (AvgIpc) is 2.29. The summed E-state index contributed by atoms with van der Waals surface area (Å²) in [6.45, 7) is 7.73. The van der Waals surface area contributed by atoms with E-state index in [9.17, 15) is 4.79 Å². The maximum Gasteiger partial charge on any atom is 0.236 e. The van der Waals surface area contributed by atoms with Crippen molar-refractivity contribution in [2.75, 3.05) is 32.8 Å². The molecule has 1 fully saturated rings. The monoisotopic (exact) mass is 214 g/mol. The van der Waals surface area contributed by atoms with Crippen LogP contribution in [-0.2, 0) is 9.53 Å². The van der Waals surface area contributed by atoms with Gasteiger partial charge in [0.1, 0.15) is 0 Å². The molecule has 1 rings (SSSR count). The Kier molecular flexibility index (Phi) is 5.65. The molecule has 1 aliphatic rings. The third-order valence-corrected chi connectivity index (χ3v) is 2.65. The van der Waals surface area contributed by atoms with Crippen LogP contribution < -0.4 is 5.32 Å². The Labute approximate surface area is 92.0 Å². The third-order valence-electron chi connectivity index (χ3n) is 2.65. The van der Waals surface area contributed by atoms with Gasteiger partial charge in [0.15, 0.2) is 0 Å². The van der Waals surface area contributed by atoms with Gasteiger partial charge in [-0.05, 0) is 19.4 Å². The molecule has 88 valence electrons. The summed E-state index contributed by atoms with van der Waals surface area (Å²) in [5, 5.41) is 3.13. The van der Waals surface area contributed by atoms with Crippen LogP contribution in [0.3, 0.4) is 0 Å². The predicted molar refractivity (Wildman–Crippen MR) is 59.8 cm³/mol. The van der Waals surface area contributed by atoms with Crippen LogP contribution in [0.4, 0.5) is 0 Å². The summed E-state index contributed by atoms with van der Waals surface area (Å²) >= 11 is 0. The quantitative estimate of drug-likeness (QED) is 0.682. The van der Waals surface area contributed by atoms with Crippen molar-refractivity contribution in [3.8, 4) is 0 Å². The fourth-order valence-corrected chi connectivity index (χ4v) is 1.68. The zero-order valence-corrected chi connectivity index (χ0v) is 9.79. The lowest BCUT2D eigenvalue weighted by atomic mass is 10.2. The number of carbonyl (C=O) groups is 1. The fraction of sp³-hybridized carbons (Fsp3) is 0.909. The molecule has 4 heteroatoms. The lowest BCUT2D eigenvalue weighted by Gasteiger charge is -2.32. The van der Waals surface area contributed by atoms with Crippen molar-refractivity contribution in [3.05, 3.63) is 0 Å². The zero-order chi connectivity index (χ0) is 11.1. The van der Waals surface area contributed by atoms with Gasteiger partial charge in [0.2, 0.25) is 5.91 Å². The smallest absolute Gasteiger partial charge is 0.236 e. The highest BCUT2D eigenvalue weighted by Crippen LogP contribution is 2.07. The number of hydrogen-bond acceptors (Lipinski definition) is 3. The normalized spacial score (nSPS) is 21.7. The van der Waals surface area contributed by atoms with Gasteiger partial charge in [0, 0.05) is 13.1 Å². The minimum atomic E-state index is 0.199. The number of rotatable bonds is 5. The van der Waals surface area contributed by atoms with Gasteiger partial charge in [0.05, 0.1) is 19.3 Å². The van der Waals surface area contributed by atoms with Crippen molar-refractivity contribution < 1.29 is 9.53 Å². The predicted octanol–water partition coefficient (Wildman–Crippen LogP) is 0.623. The number of hydrogen-bond donors (Lipinski definition) is 1. The van der Waals surface area contributed by atoms with Crippen LogP contribution in [-0.4, -0.2) is 49.7 Å². The molecule has 0 aromatic carbocycles. The molecule has 1 atom stereocenters. The third kappa shape index (κ3) is 4.18. The summed E-state index contributed by atoms with van der Waals surface area (Å²) in [5.41, 5.74) is 0. The van der Waals surface area contributed by atoms with Crippen molar-refractivity contribution >= 4 is 5.91 Å². The molecule has 0 bridgehead atoms. The molecule has 1 N–H and O–H groups in total. The largest absolute Gasteiger partial charge is 0.375 e. The lowest BCUT2D eigenvalue weighted by molar-refractivity contribution is -0.137. The number of amides is 1. The lowest BCUT2D eigenvalue weighted by Crippen LogP contribution is -2.48. The maximum atomic E-state index is 11.7. The van der Waals surface area contributed by atoms with Crippen molar-refractivity contribution in [2.24, 2.45) is 0 Å². The molecular formula is C11H22N2O2. The first-order chi connectivity index (χ1) is 7.27. The average molecular weight is 214 g/mol. The van der Waals surface area contributed by atoms with Crippen LogP contribution >= 0.6 is 0 Å². The van der Waals surface area contributed by atoms with E-state index in [0.717, 1.165) is 32.5 Å². The Bertz CT molecular complexity index is 197. The Balaban J connectivity index is 2.25. The SMILES string of the molecule is CCCNCC(=O)N1CCOC(CC)C1.